The highest BCUT2D eigenvalue weighted by Gasteiger charge is 2.08. The topological polar surface area (TPSA) is 43.6 Å². The number of aryl methyl sites for hydroxylation is 1. The molecule has 0 N–H and O–H groups in total. The molecule has 25 heavy (non-hydrogen) atoms. The van der Waals surface area contributed by atoms with Crippen LogP contribution in [0.15, 0.2) is 53.5 Å². The lowest BCUT2D eigenvalue weighted by Gasteiger charge is -2.04. The van der Waals surface area contributed by atoms with E-state index in [1.54, 1.807) is 6.07 Å². The maximum atomic E-state index is 13.4. The van der Waals surface area contributed by atoms with Crippen LogP contribution in [0.3, 0.4) is 0 Å². The Kier molecular flexibility index (Phi) is 5.60. The van der Waals surface area contributed by atoms with Crippen LogP contribution in [0.2, 0.25) is 0 Å². The first-order chi connectivity index (χ1) is 12.2. The largest absolute Gasteiger partial charge is 0.493 e. The van der Waals surface area contributed by atoms with E-state index in [0.29, 0.717) is 4.80 Å². The van der Waals surface area contributed by atoms with E-state index in [9.17, 15) is 9.18 Å². The van der Waals surface area contributed by atoms with Crippen molar-refractivity contribution in [3.05, 3.63) is 59.1 Å². The van der Waals surface area contributed by atoms with E-state index in [1.165, 1.54) is 23.5 Å². The Bertz CT molecular complexity index is 931. The number of benzene rings is 2. The van der Waals surface area contributed by atoms with Crippen LogP contribution < -0.4 is 9.54 Å². The number of aromatic nitrogens is 1. The molecule has 4 nitrogen and oxygen atoms in total. The predicted octanol–water partition coefficient (Wildman–Crippen LogP) is 4.15. The van der Waals surface area contributed by atoms with Gasteiger partial charge in [0, 0.05) is 6.54 Å². The highest BCUT2D eigenvalue weighted by atomic mass is 32.1. The summed E-state index contributed by atoms with van der Waals surface area (Å²) in [5, 5.41) is 0. The number of ether oxygens (including phenoxy) is 1. The second-order valence-electron chi connectivity index (χ2n) is 5.57. The molecule has 2 aromatic carbocycles. The van der Waals surface area contributed by atoms with Crippen LogP contribution in [0.1, 0.15) is 19.8 Å². The zero-order chi connectivity index (χ0) is 17.6. The third kappa shape index (κ3) is 4.33. The van der Waals surface area contributed by atoms with Gasteiger partial charge in [0.15, 0.2) is 4.80 Å². The van der Waals surface area contributed by atoms with Gasteiger partial charge in [0.1, 0.15) is 11.6 Å². The van der Waals surface area contributed by atoms with Crippen LogP contribution in [0.4, 0.5) is 4.39 Å². The number of carbonyl (C=O) groups is 1. The maximum Gasteiger partial charge on any atom is 0.251 e. The molecule has 1 aromatic heterocycles. The van der Waals surface area contributed by atoms with Crippen molar-refractivity contribution in [2.45, 2.75) is 26.3 Å². The molecule has 0 saturated heterocycles. The first-order valence-corrected chi connectivity index (χ1v) is 9.03. The molecule has 0 radical (unpaired) electrons. The van der Waals surface area contributed by atoms with Gasteiger partial charge in [-0.2, -0.15) is 4.99 Å². The van der Waals surface area contributed by atoms with Crippen molar-refractivity contribution in [3.8, 4) is 5.75 Å². The van der Waals surface area contributed by atoms with E-state index in [4.69, 9.17) is 4.74 Å². The average Bonchev–Trinajstić information content (AvgIpc) is 2.92. The standard InChI is InChI=1S/C19H19FN2O2S/c1-2-11-22-16-9-8-14(20)13-17(16)25-19(22)21-18(23)10-12-24-15-6-4-3-5-7-15/h3-9,13H,2,10-12H2,1H3. The molecule has 0 unspecified atom stereocenters. The fourth-order valence-electron chi connectivity index (χ4n) is 2.51. The van der Waals surface area contributed by atoms with Crippen LogP contribution in [-0.2, 0) is 11.3 Å². The maximum absolute atomic E-state index is 13.4. The van der Waals surface area contributed by atoms with E-state index in [2.05, 4.69) is 11.9 Å². The number of hydrogen-bond acceptors (Lipinski definition) is 3. The van der Waals surface area contributed by atoms with Gasteiger partial charge in [-0.05, 0) is 36.8 Å². The average molecular weight is 358 g/mol. The molecule has 0 fully saturated rings. The minimum absolute atomic E-state index is 0.198. The fourth-order valence-corrected chi connectivity index (χ4v) is 3.61. The van der Waals surface area contributed by atoms with Gasteiger partial charge in [0.25, 0.3) is 5.91 Å². The van der Waals surface area contributed by atoms with E-state index in [-0.39, 0.29) is 24.8 Å². The van der Waals surface area contributed by atoms with Gasteiger partial charge < -0.3 is 9.30 Å². The van der Waals surface area contributed by atoms with Crippen LogP contribution >= 0.6 is 11.3 Å². The Labute approximate surface area is 149 Å². The predicted molar refractivity (Wildman–Crippen MR) is 97.2 cm³/mol. The van der Waals surface area contributed by atoms with E-state index >= 15 is 0 Å². The molecule has 6 heteroatoms. The molecule has 0 aliphatic heterocycles. The second-order valence-corrected chi connectivity index (χ2v) is 6.57. The number of nitrogens with zero attached hydrogens (tertiary/aromatic N) is 2. The number of amides is 1. The summed E-state index contributed by atoms with van der Waals surface area (Å²) in [5.74, 6) is 0.202. The first-order valence-electron chi connectivity index (χ1n) is 8.21. The Morgan fingerprint density at radius 3 is 2.80 bits per heavy atom. The van der Waals surface area contributed by atoms with E-state index < -0.39 is 0 Å². The normalized spacial score (nSPS) is 11.8. The molecule has 0 aliphatic carbocycles. The highest BCUT2D eigenvalue weighted by molar-refractivity contribution is 7.16. The minimum atomic E-state index is -0.286. The number of halogens is 1. The number of para-hydroxylation sites is 1. The molecular formula is C19H19FN2O2S. The zero-order valence-electron chi connectivity index (χ0n) is 13.9. The summed E-state index contributed by atoms with van der Waals surface area (Å²) >= 11 is 1.33. The molecule has 3 aromatic rings. The van der Waals surface area contributed by atoms with Crippen LogP contribution in [0.5, 0.6) is 5.75 Å². The van der Waals surface area contributed by atoms with Gasteiger partial charge in [-0.1, -0.05) is 36.5 Å². The Hall–Kier alpha value is -2.47. The molecule has 1 heterocycles. The van der Waals surface area contributed by atoms with Crippen molar-refractivity contribution >= 4 is 27.5 Å². The van der Waals surface area contributed by atoms with E-state index in [0.717, 1.165) is 28.9 Å². The molecule has 0 saturated carbocycles. The molecular weight excluding hydrogens is 339 g/mol. The summed E-state index contributed by atoms with van der Waals surface area (Å²) in [6.45, 7) is 3.07. The van der Waals surface area contributed by atoms with Gasteiger partial charge in [-0.3, -0.25) is 4.79 Å². The van der Waals surface area contributed by atoms with Crippen molar-refractivity contribution in [3.63, 3.8) is 0 Å². The van der Waals surface area contributed by atoms with Gasteiger partial charge in [0.2, 0.25) is 0 Å². The lowest BCUT2D eigenvalue weighted by molar-refractivity contribution is -0.118. The third-order valence-electron chi connectivity index (χ3n) is 3.64. The second kappa shape index (κ2) is 8.07. The molecule has 0 bridgehead atoms. The van der Waals surface area contributed by atoms with Crippen molar-refractivity contribution in [2.24, 2.45) is 4.99 Å². The number of carbonyl (C=O) groups excluding carboxylic acids is 1. The summed E-state index contributed by atoms with van der Waals surface area (Å²) in [6.07, 6.45) is 1.10. The quantitative estimate of drug-likeness (QED) is 0.664. The Balaban J connectivity index is 1.77. The van der Waals surface area contributed by atoms with Gasteiger partial charge in [-0.15, -0.1) is 0 Å². The highest BCUT2D eigenvalue weighted by Crippen LogP contribution is 2.19. The SMILES string of the molecule is CCCn1c(=NC(=O)CCOc2ccccc2)sc2cc(F)ccc21. The summed E-state index contributed by atoms with van der Waals surface area (Å²) < 4.78 is 21.7. The Morgan fingerprint density at radius 1 is 1.24 bits per heavy atom. The molecule has 130 valence electrons. The smallest absolute Gasteiger partial charge is 0.251 e. The summed E-state index contributed by atoms with van der Waals surface area (Å²) in [7, 11) is 0. The molecule has 0 aliphatic rings. The molecule has 3 rings (SSSR count). The van der Waals surface area contributed by atoms with Crippen molar-refractivity contribution in [1.82, 2.24) is 4.57 Å². The number of thiazole rings is 1. The van der Waals surface area contributed by atoms with Crippen LogP contribution in [-0.4, -0.2) is 17.1 Å². The number of rotatable bonds is 6. The van der Waals surface area contributed by atoms with E-state index in [1.807, 2.05) is 34.9 Å². The van der Waals surface area contributed by atoms with Gasteiger partial charge >= 0.3 is 0 Å². The minimum Gasteiger partial charge on any atom is -0.493 e. The van der Waals surface area contributed by atoms with Gasteiger partial charge in [-0.25, -0.2) is 4.39 Å². The molecule has 0 atom stereocenters. The first kappa shape index (κ1) is 17.4. The van der Waals surface area contributed by atoms with Crippen LogP contribution in [0, 0.1) is 5.82 Å². The lowest BCUT2D eigenvalue weighted by Crippen LogP contribution is -2.17. The van der Waals surface area contributed by atoms with Crippen molar-refractivity contribution in [1.29, 1.82) is 0 Å². The summed E-state index contributed by atoms with van der Waals surface area (Å²) in [6, 6.07) is 14.0. The number of fused-ring (bicyclic) bond motifs is 1. The lowest BCUT2D eigenvalue weighted by atomic mass is 10.3. The van der Waals surface area contributed by atoms with Gasteiger partial charge in [0.05, 0.1) is 23.2 Å². The van der Waals surface area contributed by atoms with Crippen molar-refractivity contribution in [2.75, 3.05) is 6.61 Å². The monoisotopic (exact) mass is 358 g/mol. The van der Waals surface area contributed by atoms with Crippen LogP contribution in [0.25, 0.3) is 10.2 Å². The Morgan fingerprint density at radius 2 is 2.04 bits per heavy atom. The molecule has 0 spiro atoms. The third-order valence-corrected chi connectivity index (χ3v) is 4.68. The molecule has 1 amide bonds. The van der Waals surface area contributed by atoms with Crippen molar-refractivity contribution < 1.29 is 13.9 Å². The summed E-state index contributed by atoms with van der Waals surface area (Å²) in [5.41, 5.74) is 0.903. The fraction of sp³-hybridized carbons (Fsp3) is 0.263. The summed E-state index contributed by atoms with van der Waals surface area (Å²) in [4.78, 5) is 17.0. The zero-order valence-corrected chi connectivity index (χ0v) is 14.8. The number of hydrogen-bond donors (Lipinski definition) is 0.